The molecule has 1 aromatic carbocycles. The normalized spacial score (nSPS) is 19.8. The first-order chi connectivity index (χ1) is 11.2. The number of rotatable bonds is 4. The first-order valence-corrected chi connectivity index (χ1v) is 7.86. The molecular weight excluding hydrogens is 323 g/mol. The highest BCUT2D eigenvalue weighted by molar-refractivity contribution is 5.80. The molecule has 4 nitrogen and oxygen atoms in total. The largest absolute Gasteiger partial charge is 0.481 e. The van der Waals surface area contributed by atoms with Gasteiger partial charge in [-0.15, -0.1) is 0 Å². The molecule has 1 aromatic rings. The van der Waals surface area contributed by atoms with Crippen molar-refractivity contribution in [1.29, 1.82) is 0 Å². The lowest BCUT2D eigenvalue weighted by Crippen LogP contribution is -2.44. The van der Waals surface area contributed by atoms with Crippen LogP contribution in [0.1, 0.15) is 30.9 Å². The third-order valence-electron chi connectivity index (χ3n) is 4.30. The zero-order valence-corrected chi connectivity index (χ0v) is 13.3. The van der Waals surface area contributed by atoms with Crippen LogP contribution in [0.2, 0.25) is 0 Å². The van der Waals surface area contributed by atoms with E-state index in [-0.39, 0.29) is 18.9 Å². The van der Waals surface area contributed by atoms with Crippen LogP contribution in [0.3, 0.4) is 0 Å². The van der Waals surface area contributed by atoms with E-state index in [0.29, 0.717) is 24.9 Å². The van der Waals surface area contributed by atoms with Gasteiger partial charge in [-0.05, 0) is 30.9 Å². The second kappa shape index (κ2) is 7.23. The Morgan fingerprint density at radius 1 is 1.38 bits per heavy atom. The lowest BCUT2D eigenvalue weighted by atomic mass is 9.94. The Balaban J connectivity index is 2.02. The van der Waals surface area contributed by atoms with Crippen LogP contribution < -0.4 is 0 Å². The van der Waals surface area contributed by atoms with Crippen LogP contribution in [0, 0.1) is 11.8 Å². The summed E-state index contributed by atoms with van der Waals surface area (Å²) in [7, 11) is 0. The Bertz CT molecular complexity index is 615. The highest BCUT2D eigenvalue weighted by Crippen LogP contribution is 2.30. The van der Waals surface area contributed by atoms with Gasteiger partial charge in [0.15, 0.2) is 0 Å². The lowest BCUT2D eigenvalue weighted by molar-refractivity contribution is -0.146. The van der Waals surface area contributed by atoms with Crippen molar-refractivity contribution >= 4 is 11.9 Å². The molecule has 0 unspecified atom stereocenters. The average Bonchev–Trinajstić information content (AvgIpc) is 2.53. The summed E-state index contributed by atoms with van der Waals surface area (Å²) in [5, 5.41) is 9.07. The molecule has 0 aliphatic carbocycles. The zero-order valence-electron chi connectivity index (χ0n) is 13.3. The molecule has 1 saturated heterocycles. The number of carboxylic acids is 1. The molecule has 132 valence electrons. The number of carboxylic acid groups (broad SMARTS) is 1. The average molecular weight is 343 g/mol. The Morgan fingerprint density at radius 2 is 2.08 bits per heavy atom. The molecular formula is C17H20F3NO3. The highest BCUT2D eigenvalue weighted by Gasteiger charge is 2.32. The topological polar surface area (TPSA) is 57.6 Å². The Morgan fingerprint density at radius 3 is 2.71 bits per heavy atom. The Kier molecular flexibility index (Phi) is 5.51. The number of alkyl halides is 3. The van der Waals surface area contributed by atoms with Crippen molar-refractivity contribution in [3.05, 3.63) is 35.4 Å². The molecule has 0 aromatic heterocycles. The van der Waals surface area contributed by atoms with E-state index in [0.717, 1.165) is 12.1 Å². The number of hydrogen-bond donors (Lipinski definition) is 1. The van der Waals surface area contributed by atoms with E-state index in [1.165, 1.54) is 11.0 Å². The van der Waals surface area contributed by atoms with Gasteiger partial charge >= 0.3 is 12.1 Å². The summed E-state index contributed by atoms with van der Waals surface area (Å²) in [5.41, 5.74) is -0.291. The molecule has 1 N–H and O–H groups in total. The molecule has 2 atom stereocenters. The van der Waals surface area contributed by atoms with Crippen LogP contribution in [0.25, 0.3) is 0 Å². The third-order valence-corrected chi connectivity index (χ3v) is 4.30. The standard InChI is InChI=1S/C17H20F3NO3/c1-11(8-12-4-2-6-14(9-12)17(18,19)20)15(22)21-7-3-5-13(10-21)16(23)24/h2,4,6,9,11,13H,3,5,7-8,10H2,1H3,(H,23,24)/t11-,13+/m0/s1. The van der Waals surface area contributed by atoms with Crippen molar-refractivity contribution in [2.75, 3.05) is 13.1 Å². The fraction of sp³-hybridized carbons (Fsp3) is 0.529. The Labute approximate surface area is 138 Å². The third kappa shape index (κ3) is 4.49. The molecule has 0 spiro atoms. The van der Waals surface area contributed by atoms with Crippen LogP contribution in [-0.4, -0.2) is 35.0 Å². The first kappa shape index (κ1) is 18.3. The van der Waals surface area contributed by atoms with Crippen LogP contribution in [0.4, 0.5) is 13.2 Å². The molecule has 1 aliphatic rings. The smallest absolute Gasteiger partial charge is 0.416 e. The maximum atomic E-state index is 12.7. The summed E-state index contributed by atoms with van der Waals surface area (Å²) in [4.78, 5) is 25.0. The van der Waals surface area contributed by atoms with E-state index in [2.05, 4.69) is 0 Å². The van der Waals surface area contributed by atoms with Gasteiger partial charge in [-0.2, -0.15) is 13.2 Å². The van der Waals surface area contributed by atoms with Crippen LogP contribution >= 0.6 is 0 Å². The van der Waals surface area contributed by atoms with Gasteiger partial charge in [0, 0.05) is 19.0 Å². The number of carbonyl (C=O) groups excluding carboxylic acids is 1. The molecule has 1 heterocycles. The molecule has 2 rings (SSSR count). The van der Waals surface area contributed by atoms with E-state index in [9.17, 15) is 22.8 Å². The molecule has 1 aliphatic heterocycles. The minimum atomic E-state index is -4.41. The molecule has 0 saturated carbocycles. The summed E-state index contributed by atoms with van der Waals surface area (Å²) in [6.45, 7) is 2.32. The number of carbonyl (C=O) groups is 2. The maximum absolute atomic E-state index is 12.7. The summed E-state index contributed by atoms with van der Waals surface area (Å²) >= 11 is 0. The predicted octanol–water partition coefficient (Wildman–Crippen LogP) is 3.21. The van der Waals surface area contributed by atoms with E-state index >= 15 is 0 Å². The van der Waals surface area contributed by atoms with E-state index < -0.39 is 29.5 Å². The lowest BCUT2D eigenvalue weighted by Gasteiger charge is -2.32. The minimum Gasteiger partial charge on any atom is -0.481 e. The van der Waals surface area contributed by atoms with Gasteiger partial charge in [0.25, 0.3) is 0 Å². The van der Waals surface area contributed by atoms with E-state index in [1.807, 2.05) is 0 Å². The van der Waals surface area contributed by atoms with Gasteiger partial charge in [-0.3, -0.25) is 9.59 Å². The molecule has 24 heavy (non-hydrogen) atoms. The second-order valence-electron chi connectivity index (χ2n) is 6.26. The number of likely N-dealkylation sites (tertiary alicyclic amines) is 1. The number of aliphatic carboxylic acids is 1. The molecule has 7 heteroatoms. The van der Waals surface area contributed by atoms with Crippen molar-refractivity contribution in [2.24, 2.45) is 11.8 Å². The van der Waals surface area contributed by atoms with Crippen molar-refractivity contribution in [3.63, 3.8) is 0 Å². The maximum Gasteiger partial charge on any atom is 0.416 e. The number of nitrogens with zero attached hydrogens (tertiary/aromatic N) is 1. The van der Waals surface area contributed by atoms with Gasteiger partial charge in [-0.1, -0.05) is 25.1 Å². The van der Waals surface area contributed by atoms with E-state index in [1.54, 1.807) is 13.0 Å². The van der Waals surface area contributed by atoms with Crippen molar-refractivity contribution in [1.82, 2.24) is 4.90 Å². The van der Waals surface area contributed by atoms with Gasteiger partial charge < -0.3 is 10.0 Å². The van der Waals surface area contributed by atoms with Crippen LogP contribution in [0.5, 0.6) is 0 Å². The number of piperidine rings is 1. The van der Waals surface area contributed by atoms with Crippen molar-refractivity contribution in [2.45, 2.75) is 32.4 Å². The van der Waals surface area contributed by atoms with Crippen molar-refractivity contribution < 1.29 is 27.9 Å². The first-order valence-electron chi connectivity index (χ1n) is 7.86. The SMILES string of the molecule is C[C@@H](Cc1cccc(C(F)(F)F)c1)C(=O)N1CCC[C@@H](C(=O)O)C1. The van der Waals surface area contributed by atoms with Gasteiger partial charge in [0.1, 0.15) is 0 Å². The van der Waals surface area contributed by atoms with E-state index in [4.69, 9.17) is 5.11 Å². The summed E-state index contributed by atoms with van der Waals surface area (Å²) in [5.74, 6) is -2.19. The summed E-state index contributed by atoms with van der Waals surface area (Å²) in [6, 6.07) is 4.95. The zero-order chi connectivity index (χ0) is 17.9. The van der Waals surface area contributed by atoms with Gasteiger partial charge in [0.2, 0.25) is 5.91 Å². The molecule has 1 amide bonds. The predicted molar refractivity (Wildman–Crippen MR) is 81.3 cm³/mol. The second-order valence-corrected chi connectivity index (χ2v) is 6.26. The van der Waals surface area contributed by atoms with Crippen LogP contribution in [0.15, 0.2) is 24.3 Å². The van der Waals surface area contributed by atoms with Gasteiger partial charge in [0.05, 0.1) is 11.5 Å². The highest BCUT2D eigenvalue weighted by atomic mass is 19.4. The summed E-state index contributed by atoms with van der Waals surface area (Å²) < 4.78 is 38.2. The molecule has 0 radical (unpaired) electrons. The molecule has 0 bridgehead atoms. The van der Waals surface area contributed by atoms with Gasteiger partial charge in [-0.25, -0.2) is 0 Å². The fourth-order valence-electron chi connectivity index (χ4n) is 3.01. The number of halogens is 3. The number of amides is 1. The van der Waals surface area contributed by atoms with Crippen LogP contribution in [-0.2, 0) is 22.2 Å². The summed E-state index contributed by atoms with van der Waals surface area (Å²) in [6.07, 6.45) is -3.05. The number of hydrogen-bond acceptors (Lipinski definition) is 2. The number of benzene rings is 1. The van der Waals surface area contributed by atoms with Crippen molar-refractivity contribution in [3.8, 4) is 0 Å². The fourth-order valence-corrected chi connectivity index (χ4v) is 3.01. The minimum absolute atomic E-state index is 0.168. The quantitative estimate of drug-likeness (QED) is 0.913. The Hall–Kier alpha value is -2.05. The molecule has 1 fully saturated rings. The monoisotopic (exact) mass is 343 g/mol.